The van der Waals surface area contributed by atoms with Gasteiger partial charge in [0, 0.05) is 24.2 Å². The fraction of sp³-hybridized carbons (Fsp3) is 0.167. The average Bonchev–Trinajstić information content (AvgIpc) is 3.21. The minimum Gasteiger partial charge on any atom is -0.469 e. The molecule has 0 aliphatic carbocycles. The van der Waals surface area contributed by atoms with Gasteiger partial charge in [-0.3, -0.25) is 19.7 Å². The van der Waals surface area contributed by atoms with E-state index < -0.39 is 10.8 Å². The maximum atomic E-state index is 12.2. The maximum absolute atomic E-state index is 12.2. The zero-order chi connectivity index (χ0) is 20.1. The number of non-ortho nitro benzene ring substituents is 1. The summed E-state index contributed by atoms with van der Waals surface area (Å²) in [5.74, 6) is -0.673. The number of thioether (sulfide) groups is 1. The van der Waals surface area contributed by atoms with Crippen LogP contribution in [0.1, 0.15) is 18.1 Å². The predicted octanol–water partition coefficient (Wildman–Crippen LogP) is 2.90. The van der Waals surface area contributed by atoms with Gasteiger partial charge in [0.25, 0.3) is 5.69 Å². The number of benzene rings is 1. The van der Waals surface area contributed by atoms with E-state index in [1.165, 1.54) is 30.5 Å². The first-order chi connectivity index (χ1) is 13.5. The molecule has 10 heteroatoms. The maximum Gasteiger partial charge on any atom is 0.269 e. The molecule has 142 valence electrons. The number of hydrogen-bond acceptors (Lipinski definition) is 7. The topological polar surface area (TPSA) is 138 Å². The third-order valence-corrected chi connectivity index (χ3v) is 4.97. The quantitative estimate of drug-likeness (QED) is 0.563. The number of nitriles is 1. The van der Waals surface area contributed by atoms with E-state index in [9.17, 15) is 25.0 Å². The number of anilines is 1. The summed E-state index contributed by atoms with van der Waals surface area (Å²) in [7, 11) is 0. The number of nitro benzene ring substituents is 1. The van der Waals surface area contributed by atoms with Crippen LogP contribution in [0.25, 0.3) is 0 Å². The van der Waals surface area contributed by atoms with E-state index >= 15 is 0 Å². The van der Waals surface area contributed by atoms with E-state index in [0.29, 0.717) is 22.0 Å². The Morgan fingerprint density at radius 1 is 1.39 bits per heavy atom. The number of allylic oxidation sites excluding steroid dienone is 1. The molecule has 28 heavy (non-hydrogen) atoms. The third-order valence-electron chi connectivity index (χ3n) is 3.95. The predicted molar refractivity (Wildman–Crippen MR) is 101 cm³/mol. The van der Waals surface area contributed by atoms with Crippen LogP contribution in [-0.4, -0.2) is 22.5 Å². The molecule has 2 heterocycles. The highest BCUT2D eigenvalue weighted by Gasteiger charge is 2.31. The van der Waals surface area contributed by atoms with E-state index in [4.69, 9.17) is 4.42 Å². The molecule has 2 amide bonds. The molecule has 0 radical (unpaired) electrons. The highest BCUT2D eigenvalue weighted by Crippen LogP contribution is 2.36. The number of amides is 2. The summed E-state index contributed by atoms with van der Waals surface area (Å²) < 4.78 is 5.33. The summed E-state index contributed by atoms with van der Waals surface area (Å²) in [6.07, 6.45) is 1.57. The Hall–Kier alpha value is -3.58. The van der Waals surface area contributed by atoms with E-state index in [-0.39, 0.29) is 29.7 Å². The van der Waals surface area contributed by atoms with Gasteiger partial charge in [-0.1, -0.05) is 11.8 Å². The van der Waals surface area contributed by atoms with Crippen molar-refractivity contribution < 1.29 is 18.9 Å². The normalized spacial score (nSPS) is 16.2. The van der Waals surface area contributed by atoms with Crippen LogP contribution in [0.3, 0.4) is 0 Å². The van der Waals surface area contributed by atoms with Crippen LogP contribution in [0.4, 0.5) is 11.4 Å². The van der Waals surface area contributed by atoms with E-state index in [2.05, 4.69) is 16.7 Å². The molecule has 2 aromatic rings. The van der Waals surface area contributed by atoms with Crippen molar-refractivity contribution in [2.45, 2.75) is 12.3 Å². The van der Waals surface area contributed by atoms with Gasteiger partial charge < -0.3 is 15.1 Å². The highest BCUT2D eigenvalue weighted by atomic mass is 32.2. The first-order valence-electron chi connectivity index (χ1n) is 8.12. The van der Waals surface area contributed by atoms with Crippen LogP contribution in [0.5, 0.6) is 0 Å². The largest absolute Gasteiger partial charge is 0.469 e. The van der Waals surface area contributed by atoms with Crippen molar-refractivity contribution >= 4 is 35.0 Å². The second-order valence-corrected chi connectivity index (χ2v) is 6.80. The first kappa shape index (κ1) is 19.2. The van der Waals surface area contributed by atoms with Crippen molar-refractivity contribution in [2.75, 3.05) is 11.1 Å². The van der Waals surface area contributed by atoms with Gasteiger partial charge in [0.15, 0.2) is 0 Å². The second-order valence-electron chi connectivity index (χ2n) is 5.82. The molecule has 3 rings (SSSR count). The van der Waals surface area contributed by atoms with Gasteiger partial charge in [-0.15, -0.1) is 0 Å². The SMILES string of the molecule is N#CC1=C(SCC(=O)Nc2ccc([N+](=O)[O-])cc2)NC(=O)C[C@@H]1c1ccco1. The van der Waals surface area contributed by atoms with Crippen molar-refractivity contribution in [3.8, 4) is 6.07 Å². The van der Waals surface area contributed by atoms with Crippen molar-refractivity contribution in [2.24, 2.45) is 0 Å². The Kier molecular flexibility index (Phi) is 5.76. The van der Waals surface area contributed by atoms with Crippen molar-refractivity contribution in [1.82, 2.24) is 5.32 Å². The lowest BCUT2D eigenvalue weighted by Gasteiger charge is -2.23. The van der Waals surface area contributed by atoms with E-state index in [1.807, 2.05) is 0 Å². The Balaban J connectivity index is 1.67. The van der Waals surface area contributed by atoms with Crippen LogP contribution in [0.2, 0.25) is 0 Å². The van der Waals surface area contributed by atoms with Gasteiger partial charge >= 0.3 is 0 Å². The number of nitro groups is 1. The minimum absolute atomic E-state index is 0.0529. The van der Waals surface area contributed by atoms with Gasteiger partial charge in [-0.25, -0.2) is 0 Å². The summed E-state index contributed by atoms with van der Waals surface area (Å²) in [6, 6.07) is 10.9. The minimum atomic E-state index is -0.529. The van der Waals surface area contributed by atoms with Gasteiger partial charge in [-0.05, 0) is 24.3 Å². The van der Waals surface area contributed by atoms with Crippen LogP contribution < -0.4 is 10.6 Å². The lowest BCUT2D eigenvalue weighted by Crippen LogP contribution is -2.31. The number of nitrogens with zero attached hydrogens (tertiary/aromatic N) is 2. The van der Waals surface area contributed by atoms with Crippen molar-refractivity contribution in [1.29, 1.82) is 5.26 Å². The summed E-state index contributed by atoms with van der Waals surface area (Å²) in [6.45, 7) is 0. The Morgan fingerprint density at radius 3 is 2.75 bits per heavy atom. The monoisotopic (exact) mass is 398 g/mol. The molecule has 0 bridgehead atoms. The number of furan rings is 1. The third kappa shape index (κ3) is 4.39. The number of rotatable bonds is 6. The molecule has 0 unspecified atom stereocenters. The van der Waals surface area contributed by atoms with E-state index in [0.717, 1.165) is 11.8 Å². The molecule has 9 nitrogen and oxygen atoms in total. The first-order valence-corrected chi connectivity index (χ1v) is 9.11. The molecule has 1 atom stereocenters. The van der Waals surface area contributed by atoms with Crippen molar-refractivity contribution in [3.63, 3.8) is 0 Å². The molecule has 1 aliphatic rings. The Bertz CT molecular complexity index is 976. The van der Waals surface area contributed by atoms with Crippen LogP contribution >= 0.6 is 11.8 Å². The molecule has 1 aliphatic heterocycles. The molecule has 1 aromatic heterocycles. The zero-order valence-corrected chi connectivity index (χ0v) is 15.2. The molecular formula is C18H14N4O5S. The lowest BCUT2D eigenvalue weighted by atomic mass is 9.92. The molecule has 1 aromatic carbocycles. The fourth-order valence-electron chi connectivity index (χ4n) is 2.67. The molecule has 2 N–H and O–H groups in total. The number of carbonyl (C=O) groups is 2. The lowest BCUT2D eigenvalue weighted by molar-refractivity contribution is -0.384. The molecule has 0 saturated carbocycles. The van der Waals surface area contributed by atoms with Gasteiger partial charge in [0.2, 0.25) is 11.8 Å². The smallest absolute Gasteiger partial charge is 0.269 e. The highest BCUT2D eigenvalue weighted by molar-refractivity contribution is 8.03. The molecular weight excluding hydrogens is 384 g/mol. The Morgan fingerprint density at radius 2 is 2.14 bits per heavy atom. The summed E-state index contributed by atoms with van der Waals surface area (Å²) in [5, 5.41) is 25.7. The summed E-state index contributed by atoms with van der Waals surface area (Å²) in [5.41, 5.74) is 0.666. The molecule has 0 fully saturated rings. The fourth-order valence-corrected chi connectivity index (χ4v) is 3.54. The molecule has 0 saturated heterocycles. The zero-order valence-electron chi connectivity index (χ0n) is 14.4. The number of hydrogen-bond donors (Lipinski definition) is 2. The van der Waals surface area contributed by atoms with Gasteiger partial charge in [0.1, 0.15) is 5.76 Å². The van der Waals surface area contributed by atoms with Crippen LogP contribution in [0, 0.1) is 21.4 Å². The van der Waals surface area contributed by atoms with Crippen LogP contribution in [0.15, 0.2) is 57.7 Å². The number of nitrogens with one attached hydrogen (secondary N) is 2. The van der Waals surface area contributed by atoms with Crippen molar-refractivity contribution in [3.05, 3.63) is 69.1 Å². The van der Waals surface area contributed by atoms with Gasteiger partial charge in [0.05, 0.1) is 39.5 Å². The summed E-state index contributed by atoms with van der Waals surface area (Å²) >= 11 is 1.03. The molecule has 0 spiro atoms. The second kappa shape index (κ2) is 8.41. The van der Waals surface area contributed by atoms with Gasteiger partial charge in [-0.2, -0.15) is 5.26 Å². The Labute approximate surface area is 163 Å². The summed E-state index contributed by atoms with van der Waals surface area (Å²) in [4.78, 5) is 34.3. The number of carbonyl (C=O) groups excluding carboxylic acids is 2. The average molecular weight is 398 g/mol. The van der Waals surface area contributed by atoms with Crippen LogP contribution in [-0.2, 0) is 9.59 Å². The standard InChI is InChI=1S/C18H14N4O5S/c19-9-14-13(15-2-1-7-27-15)8-16(23)21-18(14)28-10-17(24)20-11-3-5-12(6-4-11)22(25)26/h1-7,13H,8,10H2,(H,20,24)(H,21,23)/t13-/m0/s1. The van der Waals surface area contributed by atoms with E-state index in [1.54, 1.807) is 12.1 Å².